The van der Waals surface area contributed by atoms with E-state index in [1.54, 1.807) is 0 Å². The topological polar surface area (TPSA) is 55.4 Å². The molecule has 5 heteroatoms. The first-order valence-corrected chi connectivity index (χ1v) is 8.32. The monoisotopic (exact) mass is 345 g/mol. The summed E-state index contributed by atoms with van der Waals surface area (Å²) in [4.78, 5) is 23.5. The van der Waals surface area contributed by atoms with E-state index in [1.165, 1.54) is 0 Å². The molecule has 0 aliphatic carbocycles. The molecule has 126 valence electrons. The van der Waals surface area contributed by atoms with Crippen LogP contribution in [-0.2, 0) is 16.1 Å². The Morgan fingerprint density at radius 3 is 2.25 bits per heavy atom. The van der Waals surface area contributed by atoms with Gasteiger partial charge in [0.2, 0.25) is 0 Å². The number of hydrogen-bond acceptors (Lipinski definition) is 3. The summed E-state index contributed by atoms with van der Waals surface area (Å²) >= 11 is 5.54. The van der Waals surface area contributed by atoms with E-state index in [0.717, 1.165) is 11.1 Å². The van der Waals surface area contributed by atoms with Crippen LogP contribution in [0.4, 0.5) is 4.79 Å². The minimum atomic E-state index is -0.508. The summed E-state index contributed by atoms with van der Waals surface area (Å²) < 4.78 is 5.25. The molecule has 0 aromatic heterocycles. The molecular weight excluding hydrogens is 326 g/mol. The van der Waals surface area contributed by atoms with Crippen LogP contribution in [0.5, 0.6) is 0 Å². The van der Waals surface area contributed by atoms with Crippen molar-refractivity contribution in [3.8, 4) is 0 Å². The van der Waals surface area contributed by atoms with Gasteiger partial charge in [-0.2, -0.15) is 0 Å². The van der Waals surface area contributed by atoms with Crippen LogP contribution in [0.1, 0.15) is 30.0 Å². The lowest BCUT2D eigenvalue weighted by Gasteiger charge is -2.18. The highest BCUT2D eigenvalue weighted by atomic mass is 35.5. The lowest BCUT2D eigenvalue weighted by atomic mass is 10.0. The van der Waals surface area contributed by atoms with Crippen molar-refractivity contribution < 1.29 is 14.3 Å². The summed E-state index contributed by atoms with van der Waals surface area (Å²) in [6.07, 6.45) is 0.281. The van der Waals surface area contributed by atoms with Crippen LogP contribution < -0.4 is 5.32 Å². The molecule has 0 bridgehead atoms. The molecule has 0 saturated carbocycles. The third-order valence-electron chi connectivity index (χ3n) is 3.57. The van der Waals surface area contributed by atoms with Gasteiger partial charge < -0.3 is 10.1 Å². The smallest absolute Gasteiger partial charge is 0.407 e. The number of nitrogens with one attached hydrogen (secondary N) is 1. The Balaban J connectivity index is 1.93. The quantitative estimate of drug-likeness (QED) is 0.728. The molecule has 0 radical (unpaired) electrons. The van der Waals surface area contributed by atoms with Crippen LogP contribution in [0.15, 0.2) is 60.7 Å². The van der Waals surface area contributed by atoms with Gasteiger partial charge in [-0.3, -0.25) is 4.79 Å². The van der Waals surface area contributed by atoms with Crippen LogP contribution in [0.25, 0.3) is 0 Å². The van der Waals surface area contributed by atoms with Crippen LogP contribution in [-0.4, -0.2) is 17.8 Å². The van der Waals surface area contributed by atoms with Crippen molar-refractivity contribution in [2.24, 2.45) is 0 Å². The van der Waals surface area contributed by atoms with Gasteiger partial charge in [0.15, 0.2) is 0 Å². The van der Waals surface area contributed by atoms with Gasteiger partial charge in [-0.1, -0.05) is 60.7 Å². The molecule has 4 nitrogen and oxygen atoms in total. The van der Waals surface area contributed by atoms with Crippen molar-refractivity contribution in [2.45, 2.75) is 25.5 Å². The second kappa shape index (κ2) is 9.73. The van der Waals surface area contributed by atoms with Gasteiger partial charge in [0.05, 0.1) is 11.9 Å². The summed E-state index contributed by atoms with van der Waals surface area (Å²) in [5.41, 5.74) is 1.85. The molecule has 2 rings (SSSR count). The van der Waals surface area contributed by atoms with Gasteiger partial charge in [-0.15, -0.1) is 11.6 Å². The first-order chi connectivity index (χ1) is 11.7. The predicted octanol–water partition coefficient (Wildman–Crippen LogP) is 4.24. The zero-order valence-electron chi connectivity index (χ0n) is 13.3. The maximum atomic E-state index is 12.1. The number of ketones is 1. The average Bonchev–Trinajstić information content (AvgIpc) is 2.64. The first-order valence-electron chi connectivity index (χ1n) is 7.79. The Hall–Kier alpha value is -2.33. The summed E-state index contributed by atoms with van der Waals surface area (Å²) in [5.74, 6) is -0.0583. The maximum Gasteiger partial charge on any atom is 0.407 e. The zero-order valence-corrected chi connectivity index (χ0v) is 14.0. The zero-order chi connectivity index (χ0) is 17.2. The number of halogens is 1. The minimum Gasteiger partial charge on any atom is -0.445 e. The molecule has 2 aromatic carbocycles. The number of Topliss-reactive ketones (excluding diaryl/α,β-unsaturated/α-hetero) is 1. The van der Waals surface area contributed by atoms with Crippen molar-refractivity contribution in [1.29, 1.82) is 0 Å². The third kappa shape index (κ3) is 6.05. The van der Waals surface area contributed by atoms with E-state index in [1.807, 2.05) is 60.7 Å². The normalized spacial score (nSPS) is 11.5. The number of hydrogen-bond donors (Lipinski definition) is 1. The van der Waals surface area contributed by atoms with Crippen molar-refractivity contribution in [2.75, 3.05) is 5.88 Å². The summed E-state index contributed by atoms with van der Waals surface area (Å²) in [7, 11) is 0. The van der Waals surface area contributed by atoms with Crippen LogP contribution in [0.2, 0.25) is 0 Å². The Morgan fingerprint density at radius 1 is 1.00 bits per heavy atom. The van der Waals surface area contributed by atoms with E-state index in [9.17, 15) is 9.59 Å². The number of ether oxygens (including phenoxy) is 1. The van der Waals surface area contributed by atoms with E-state index in [0.29, 0.717) is 12.8 Å². The van der Waals surface area contributed by atoms with Crippen molar-refractivity contribution in [1.82, 2.24) is 5.32 Å². The van der Waals surface area contributed by atoms with Gasteiger partial charge in [-0.25, -0.2) is 4.79 Å². The van der Waals surface area contributed by atoms with E-state index in [2.05, 4.69) is 5.32 Å². The Morgan fingerprint density at radius 2 is 1.62 bits per heavy atom. The summed E-state index contributed by atoms with van der Waals surface area (Å²) in [6, 6.07) is 18.7. The van der Waals surface area contributed by atoms with E-state index in [4.69, 9.17) is 16.3 Å². The van der Waals surface area contributed by atoms with Gasteiger partial charge in [0.1, 0.15) is 12.4 Å². The lowest BCUT2D eigenvalue weighted by Crippen LogP contribution is -2.29. The van der Waals surface area contributed by atoms with Gasteiger partial charge >= 0.3 is 6.09 Å². The fourth-order valence-electron chi connectivity index (χ4n) is 2.29. The molecule has 0 aliphatic rings. The van der Waals surface area contributed by atoms with E-state index < -0.39 is 6.09 Å². The highest BCUT2D eigenvalue weighted by Crippen LogP contribution is 2.19. The number of benzene rings is 2. The molecule has 1 atom stereocenters. The van der Waals surface area contributed by atoms with Gasteiger partial charge in [0.25, 0.3) is 0 Å². The molecule has 2 aromatic rings. The number of rotatable bonds is 8. The molecular formula is C19H20ClNO3. The number of carbonyl (C=O) groups excluding carboxylic acids is 2. The fourth-order valence-corrected chi connectivity index (χ4v) is 2.42. The molecule has 1 N–H and O–H groups in total. The van der Waals surface area contributed by atoms with Gasteiger partial charge in [0, 0.05) is 6.42 Å². The SMILES string of the molecule is O=C(CCl)CCC(NC(=O)OCc1ccccc1)c1ccccc1. The highest BCUT2D eigenvalue weighted by molar-refractivity contribution is 6.27. The summed E-state index contributed by atoms with van der Waals surface area (Å²) in [6.45, 7) is 0.203. The molecule has 0 fully saturated rings. The number of amides is 1. The molecule has 1 amide bonds. The summed E-state index contributed by atoms with van der Waals surface area (Å²) in [5, 5.41) is 2.83. The number of alkyl carbamates (subject to hydrolysis) is 1. The lowest BCUT2D eigenvalue weighted by molar-refractivity contribution is -0.116. The Labute approximate surface area is 146 Å². The van der Waals surface area contributed by atoms with E-state index in [-0.39, 0.29) is 24.3 Å². The number of carbonyl (C=O) groups is 2. The molecule has 24 heavy (non-hydrogen) atoms. The fraction of sp³-hybridized carbons (Fsp3) is 0.263. The van der Waals surface area contributed by atoms with Gasteiger partial charge in [-0.05, 0) is 17.5 Å². The third-order valence-corrected chi connectivity index (χ3v) is 3.87. The average molecular weight is 346 g/mol. The maximum absolute atomic E-state index is 12.1. The molecule has 0 aliphatic heterocycles. The Bertz CT molecular complexity index is 646. The largest absolute Gasteiger partial charge is 0.445 e. The second-order valence-electron chi connectivity index (χ2n) is 5.38. The second-order valence-corrected chi connectivity index (χ2v) is 5.65. The van der Waals surface area contributed by atoms with Crippen molar-refractivity contribution >= 4 is 23.5 Å². The minimum absolute atomic E-state index is 0.0139. The predicted molar refractivity (Wildman–Crippen MR) is 93.9 cm³/mol. The highest BCUT2D eigenvalue weighted by Gasteiger charge is 2.16. The van der Waals surface area contributed by atoms with Crippen LogP contribution >= 0.6 is 11.6 Å². The first kappa shape index (κ1) is 18.0. The van der Waals surface area contributed by atoms with Crippen LogP contribution in [0.3, 0.4) is 0 Å². The van der Waals surface area contributed by atoms with Crippen molar-refractivity contribution in [3.05, 3.63) is 71.8 Å². The van der Waals surface area contributed by atoms with Crippen LogP contribution in [0, 0.1) is 0 Å². The molecule has 0 heterocycles. The van der Waals surface area contributed by atoms with E-state index >= 15 is 0 Å². The standard InChI is InChI=1S/C19H20ClNO3/c20-13-17(22)11-12-18(16-9-5-2-6-10-16)21-19(23)24-14-15-7-3-1-4-8-15/h1-10,18H,11-14H2,(H,21,23). The van der Waals surface area contributed by atoms with Crippen molar-refractivity contribution in [3.63, 3.8) is 0 Å². The molecule has 0 saturated heterocycles. The molecule has 1 unspecified atom stereocenters. The Kier molecular flexibility index (Phi) is 7.30. The number of alkyl halides is 1. The molecule has 0 spiro atoms.